The van der Waals surface area contributed by atoms with E-state index in [2.05, 4.69) is 10.5 Å². The Morgan fingerprint density at radius 1 is 1.00 bits per heavy atom. The van der Waals surface area contributed by atoms with Crippen LogP contribution in [0.15, 0.2) is 71.3 Å². The van der Waals surface area contributed by atoms with E-state index in [1.54, 1.807) is 25.2 Å². The van der Waals surface area contributed by atoms with Gasteiger partial charge in [-0.3, -0.25) is 9.59 Å². The van der Waals surface area contributed by atoms with E-state index in [0.717, 1.165) is 27.8 Å². The Morgan fingerprint density at radius 2 is 1.77 bits per heavy atom. The van der Waals surface area contributed by atoms with Crippen molar-refractivity contribution >= 4 is 28.4 Å². The molecule has 4 aromatic rings. The molecular formula is C25H23N3O3. The van der Waals surface area contributed by atoms with Gasteiger partial charge in [0.15, 0.2) is 5.76 Å². The molecule has 4 rings (SSSR count). The zero-order valence-corrected chi connectivity index (χ0v) is 17.7. The van der Waals surface area contributed by atoms with Gasteiger partial charge in [-0.05, 0) is 49.2 Å². The van der Waals surface area contributed by atoms with Crippen molar-refractivity contribution < 1.29 is 14.1 Å². The predicted octanol–water partition coefficient (Wildman–Crippen LogP) is 4.82. The third-order valence-electron chi connectivity index (χ3n) is 5.15. The third-order valence-corrected chi connectivity index (χ3v) is 5.15. The van der Waals surface area contributed by atoms with Crippen molar-refractivity contribution in [3.63, 3.8) is 0 Å². The number of carbonyl (C=O) groups is 2. The van der Waals surface area contributed by atoms with Crippen LogP contribution in [-0.4, -0.2) is 35.5 Å². The van der Waals surface area contributed by atoms with Crippen molar-refractivity contribution in [2.45, 2.75) is 13.8 Å². The first kappa shape index (κ1) is 20.3. The van der Waals surface area contributed by atoms with Crippen molar-refractivity contribution in [3.8, 4) is 11.3 Å². The van der Waals surface area contributed by atoms with Crippen LogP contribution >= 0.6 is 0 Å². The second kappa shape index (κ2) is 8.44. The molecule has 0 saturated carbocycles. The van der Waals surface area contributed by atoms with Crippen LogP contribution in [0.4, 0.5) is 5.69 Å². The molecule has 3 aromatic carbocycles. The lowest BCUT2D eigenvalue weighted by Gasteiger charge is -2.17. The smallest absolute Gasteiger partial charge is 0.254 e. The number of carbonyl (C=O) groups excluding carboxylic acids is 2. The van der Waals surface area contributed by atoms with Crippen LogP contribution in [-0.2, 0) is 4.79 Å². The van der Waals surface area contributed by atoms with E-state index < -0.39 is 0 Å². The number of aromatic nitrogens is 1. The fourth-order valence-corrected chi connectivity index (χ4v) is 3.44. The lowest BCUT2D eigenvalue weighted by atomic mass is 10.1. The van der Waals surface area contributed by atoms with Gasteiger partial charge in [-0.1, -0.05) is 47.6 Å². The van der Waals surface area contributed by atoms with Gasteiger partial charge >= 0.3 is 0 Å². The quantitative estimate of drug-likeness (QED) is 0.509. The van der Waals surface area contributed by atoms with E-state index in [4.69, 9.17) is 4.52 Å². The summed E-state index contributed by atoms with van der Waals surface area (Å²) in [7, 11) is 1.61. The molecule has 0 fully saturated rings. The molecule has 0 aliphatic heterocycles. The monoisotopic (exact) mass is 413 g/mol. The maximum Gasteiger partial charge on any atom is 0.254 e. The molecule has 31 heavy (non-hydrogen) atoms. The highest BCUT2D eigenvalue weighted by molar-refractivity contribution is 6.03. The van der Waals surface area contributed by atoms with E-state index in [1.165, 1.54) is 4.90 Å². The minimum atomic E-state index is -0.252. The Hall–Kier alpha value is -3.93. The zero-order valence-electron chi connectivity index (χ0n) is 17.7. The largest absolute Gasteiger partial charge is 0.355 e. The van der Waals surface area contributed by atoms with Gasteiger partial charge in [0.05, 0.1) is 11.9 Å². The van der Waals surface area contributed by atoms with Crippen LogP contribution in [0.2, 0.25) is 0 Å². The third kappa shape index (κ3) is 4.33. The van der Waals surface area contributed by atoms with E-state index in [1.807, 2.05) is 62.4 Å². The number of benzene rings is 3. The van der Waals surface area contributed by atoms with Crippen LogP contribution in [0.5, 0.6) is 0 Å². The minimum absolute atomic E-state index is 0.0561. The van der Waals surface area contributed by atoms with E-state index in [0.29, 0.717) is 16.8 Å². The van der Waals surface area contributed by atoms with Crippen LogP contribution in [0.1, 0.15) is 21.5 Å². The number of amides is 2. The predicted molar refractivity (Wildman–Crippen MR) is 121 cm³/mol. The van der Waals surface area contributed by atoms with Gasteiger partial charge in [-0.15, -0.1) is 0 Å². The van der Waals surface area contributed by atoms with Gasteiger partial charge in [0, 0.05) is 23.9 Å². The highest BCUT2D eigenvalue weighted by Gasteiger charge is 2.18. The maximum absolute atomic E-state index is 13.0. The fraction of sp³-hybridized carbons (Fsp3) is 0.160. The Bertz CT molecular complexity index is 1260. The minimum Gasteiger partial charge on any atom is -0.355 e. The highest BCUT2D eigenvalue weighted by Crippen LogP contribution is 2.29. The summed E-state index contributed by atoms with van der Waals surface area (Å²) < 4.78 is 5.51. The lowest BCUT2D eigenvalue weighted by molar-refractivity contribution is -0.116. The topological polar surface area (TPSA) is 75.4 Å². The average molecular weight is 413 g/mol. The summed E-state index contributed by atoms with van der Waals surface area (Å²) in [4.78, 5) is 26.9. The molecule has 6 heteroatoms. The average Bonchev–Trinajstić information content (AvgIpc) is 3.19. The molecule has 0 unspecified atom stereocenters. The van der Waals surface area contributed by atoms with Gasteiger partial charge in [0.2, 0.25) is 5.91 Å². The molecule has 0 atom stereocenters. The molecule has 0 bridgehead atoms. The first-order valence-electron chi connectivity index (χ1n) is 10.00. The number of aryl methyl sites for hydroxylation is 2. The molecular weight excluding hydrogens is 390 g/mol. The summed E-state index contributed by atoms with van der Waals surface area (Å²) >= 11 is 0. The molecule has 6 nitrogen and oxygen atoms in total. The Labute approximate surface area is 180 Å². The maximum atomic E-state index is 13.0. The molecule has 0 aliphatic rings. The molecule has 0 saturated heterocycles. The summed E-state index contributed by atoms with van der Waals surface area (Å²) in [6.07, 6.45) is 0. The standard InChI is InChI=1S/C25H23N3O3/c1-16-9-10-17(2)22(13-16)26-23(29)15-28(3)25(30)19-11-12-21-20(14-19)24(31-27-21)18-7-5-4-6-8-18/h4-14H,15H2,1-3H3,(H,26,29). The summed E-state index contributed by atoms with van der Waals surface area (Å²) in [6.45, 7) is 3.84. The first-order valence-corrected chi connectivity index (χ1v) is 10.00. The van der Waals surface area contributed by atoms with Gasteiger partial charge in [-0.25, -0.2) is 0 Å². The Kier molecular flexibility index (Phi) is 5.54. The molecule has 156 valence electrons. The van der Waals surface area contributed by atoms with Crippen molar-refractivity contribution in [3.05, 3.63) is 83.4 Å². The molecule has 1 aromatic heterocycles. The van der Waals surface area contributed by atoms with Crippen molar-refractivity contribution in [2.75, 3.05) is 18.9 Å². The summed E-state index contributed by atoms with van der Waals surface area (Å²) in [5.41, 5.74) is 4.81. The van der Waals surface area contributed by atoms with Crippen LogP contribution < -0.4 is 5.32 Å². The number of hydrogen-bond acceptors (Lipinski definition) is 4. The number of anilines is 1. The lowest BCUT2D eigenvalue weighted by Crippen LogP contribution is -2.35. The van der Waals surface area contributed by atoms with Crippen molar-refractivity contribution in [2.24, 2.45) is 0 Å². The molecule has 1 N–H and O–H groups in total. The number of nitrogens with zero attached hydrogens (tertiary/aromatic N) is 2. The van der Waals surface area contributed by atoms with Gasteiger partial charge < -0.3 is 14.7 Å². The van der Waals surface area contributed by atoms with Crippen molar-refractivity contribution in [1.29, 1.82) is 0 Å². The van der Waals surface area contributed by atoms with E-state index in [9.17, 15) is 9.59 Å². The molecule has 0 aliphatic carbocycles. The summed E-state index contributed by atoms with van der Waals surface area (Å²) in [5.74, 6) is 0.111. The van der Waals surface area contributed by atoms with Crippen molar-refractivity contribution in [1.82, 2.24) is 10.1 Å². The Balaban J connectivity index is 1.52. The molecule has 2 amide bonds. The fourth-order valence-electron chi connectivity index (χ4n) is 3.44. The number of rotatable bonds is 5. The SMILES string of the molecule is Cc1ccc(C)c(NC(=O)CN(C)C(=O)c2ccc3noc(-c4ccccc4)c3c2)c1. The molecule has 1 heterocycles. The highest BCUT2D eigenvalue weighted by atomic mass is 16.5. The van der Waals surface area contributed by atoms with Crippen LogP contribution in [0.3, 0.4) is 0 Å². The van der Waals surface area contributed by atoms with Gasteiger partial charge in [-0.2, -0.15) is 0 Å². The number of nitrogens with one attached hydrogen (secondary N) is 1. The second-order valence-corrected chi connectivity index (χ2v) is 7.64. The summed E-state index contributed by atoms with van der Waals surface area (Å²) in [6, 6.07) is 20.7. The van der Waals surface area contributed by atoms with Crippen LogP contribution in [0.25, 0.3) is 22.2 Å². The first-order chi connectivity index (χ1) is 14.9. The molecule has 0 spiro atoms. The number of hydrogen-bond donors (Lipinski definition) is 1. The summed E-state index contributed by atoms with van der Waals surface area (Å²) in [5, 5.41) is 7.73. The van der Waals surface area contributed by atoms with E-state index in [-0.39, 0.29) is 18.4 Å². The Morgan fingerprint density at radius 3 is 2.55 bits per heavy atom. The van der Waals surface area contributed by atoms with Crippen LogP contribution in [0, 0.1) is 13.8 Å². The number of fused-ring (bicyclic) bond motifs is 1. The zero-order chi connectivity index (χ0) is 22.0. The normalized spacial score (nSPS) is 10.8. The molecule has 0 radical (unpaired) electrons. The second-order valence-electron chi connectivity index (χ2n) is 7.64. The van der Waals surface area contributed by atoms with Gasteiger partial charge in [0.1, 0.15) is 5.52 Å². The number of likely N-dealkylation sites (N-methyl/N-ethyl adjacent to an activating group) is 1. The van der Waals surface area contributed by atoms with Gasteiger partial charge in [0.25, 0.3) is 5.91 Å². The van der Waals surface area contributed by atoms with E-state index >= 15 is 0 Å².